The highest BCUT2D eigenvalue weighted by atomic mass is 16.5. The first-order valence-corrected chi connectivity index (χ1v) is 7.12. The number of aromatic nitrogens is 2. The van der Waals surface area contributed by atoms with Gasteiger partial charge >= 0.3 is 0 Å². The molecule has 0 atom stereocenters. The fraction of sp³-hybridized carbons (Fsp3) is 0.312. The van der Waals surface area contributed by atoms with E-state index in [4.69, 9.17) is 4.74 Å². The Kier molecular flexibility index (Phi) is 5.85. The monoisotopic (exact) mass is 300 g/mol. The molecule has 1 aromatic carbocycles. The van der Waals surface area contributed by atoms with Crippen LogP contribution in [0.5, 0.6) is 0 Å². The van der Waals surface area contributed by atoms with E-state index in [-0.39, 0.29) is 5.91 Å². The van der Waals surface area contributed by atoms with Crippen molar-refractivity contribution >= 4 is 17.5 Å². The van der Waals surface area contributed by atoms with Gasteiger partial charge in [-0.3, -0.25) is 4.79 Å². The van der Waals surface area contributed by atoms with Gasteiger partial charge in [-0.2, -0.15) is 0 Å². The third-order valence-corrected chi connectivity index (χ3v) is 3.12. The Hall–Kier alpha value is -2.47. The number of para-hydroxylation sites is 1. The number of ether oxygens (including phenoxy) is 1. The van der Waals surface area contributed by atoms with Crippen molar-refractivity contribution in [2.75, 3.05) is 25.6 Å². The fourth-order valence-electron chi connectivity index (χ4n) is 1.86. The maximum atomic E-state index is 11.9. The van der Waals surface area contributed by atoms with Gasteiger partial charge in [0.1, 0.15) is 0 Å². The number of carbonyl (C=O) groups is 1. The van der Waals surface area contributed by atoms with Crippen LogP contribution in [0.4, 0.5) is 11.6 Å². The van der Waals surface area contributed by atoms with Gasteiger partial charge in [0.25, 0.3) is 5.91 Å². The molecule has 0 bridgehead atoms. The Morgan fingerprint density at radius 3 is 2.64 bits per heavy atom. The van der Waals surface area contributed by atoms with Crippen LogP contribution in [-0.2, 0) is 4.74 Å². The second-order valence-electron chi connectivity index (χ2n) is 4.84. The molecule has 0 radical (unpaired) electrons. The highest BCUT2D eigenvalue weighted by Crippen LogP contribution is 2.16. The summed E-state index contributed by atoms with van der Waals surface area (Å²) in [6.45, 7) is 3.19. The lowest BCUT2D eigenvalue weighted by molar-refractivity contribution is 0.0948. The summed E-state index contributed by atoms with van der Waals surface area (Å²) in [5, 5.41) is 5.92. The first kappa shape index (κ1) is 15.9. The van der Waals surface area contributed by atoms with E-state index < -0.39 is 0 Å². The summed E-state index contributed by atoms with van der Waals surface area (Å²) >= 11 is 0. The summed E-state index contributed by atoms with van der Waals surface area (Å²) < 4.78 is 4.93. The highest BCUT2D eigenvalue weighted by molar-refractivity contribution is 5.93. The Morgan fingerprint density at radius 2 is 1.95 bits per heavy atom. The number of hydrogen-bond donors (Lipinski definition) is 2. The second-order valence-corrected chi connectivity index (χ2v) is 4.84. The zero-order valence-electron chi connectivity index (χ0n) is 12.8. The van der Waals surface area contributed by atoms with Crippen molar-refractivity contribution < 1.29 is 9.53 Å². The van der Waals surface area contributed by atoms with Crippen LogP contribution in [0.1, 0.15) is 22.3 Å². The van der Waals surface area contributed by atoms with Gasteiger partial charge < -0.3 is 15.4 Å². The van der Waals surface area contributed by atoms with Gasteiger partial charge in [0.05, 0.1) is 5.56 Å². The topological polar surface area (TPSA) is 76.1 Å². The molecule has 22 heavy (non-hydrogen) atoms. The van der Waals surface area contributed by atoms with Gasteiger partial charge in [-0.25, -0.2) is 9.97 Å². The van der Waals surface area contributed by atoms with E-state index in [1.165, 1.54) is 12.4 Å². The maximum Gasteiger partial charge on any atom is 0.254 e. The minimum absolute atomic E-state index is 0.182. The highest BCUT2D eigenvalue weighted by Gasteiger charge is 2.07. The van der Waals surface area contributed by atoms with Crippen LogP contribution < -0.4 is 10.6 Å². The average molecular weight is 300 g/mol. The van der Waals surface area contributed by atoms with E-state index in [1.807, 2.05) is 31.2 Å². The number of anilines is 2. The Morgan fingerprint density at radius 1 is 1.23 bits per heavy atom. The molecular formula is C16H20N4O2. The van der Waals surface area contributed by atoms with Crippen LogP contribution in [-0.4, -0.2) is 36.1 Å². The molecule has 2 aromatic rings. The average Bonchev–Trinajstić information content (AvgIpc) is 2.54. The molecule has 0 fully saturated rings. The molecule has 0 unspecified atom stereocenters. The molecular weight excluding hydrogens is 280 g/mol. The second kappa shape index (κ2) is 8.09. The Bertz CT molecular complexity index is 614. The normalized spacial score (nSPS) is 10.3. The molecule has 0 aliphatic heterocycles. The molecule has 2 rings (SSSR count). The van der Waals surface area contributed by atoms with Crippen LogP contribution in [0.25, 0.3) is 0 Å². The first-order chi connectivity index (χ1) is 10.7. The van der Waals surface area contributed by atoms with Crippen LogP contribution in [0, 0.1) is 6.92 Å². The van der Waals surface area contributed by atoms with E-state index in [1.54, 1.807) is 7.11 Å². The molecule has 6 heteroatoms. The summed E-state index contributed by atoms with van der Waals surface area (Å²) in [5.41, 5.74) is 2.48. The molecule has 1 aromatic heterocycles. The Labute approximate surface area is 129 Å². The van der Waals surface area contributed by atoms with E-state index in [0.717, 1.165) is 17.7 Å². The molecule has 1 heterocycles. The van der Waals surface area contributed by atoms with Gasteiger partial charge in [0.2, 0.25) is 5.95 Å². The first-order valence-electron chi connectivity index (χ1n) is 7.12. The third-order valence-electron chi connectivity index (χ3n) is 3.12. The van der Waals surface area contributed by atoms with Crippen LogP contribution >= 0.6 is 0 Å². The molecule has 0 spiro atoms. The summed E-state index contributed by atoms with van der Waals surface area (Å²) in [4.78, 5) is 20.2. The molecule has 6 nitrogen and oxygen atoms in total. The van der Waals surface area contributed by atoms with Crippen LogP contribution in [0.15, 0.2) is 36.7 Å². The summed E-state index contributed by atoms with van der Waals surface area (Å²) in [7, 11) is 1.63. The van der Waals surface area contributed by atoms with Crippen molar-refractivity contribution in [1.29, 1.82) is 0 Å². The number of nitrogens with zero attached hydrogens (tertiary/aromatic N) is 2. The van der Waals surface area contributed by atoms with E-state index in [0.29, 0.717) is 24.7 Å². The predicted octanol–water partition coefficient (Wildman–Crippen LogP) is 2.29. The number of benzene rings is 1. The lowest BCUT2D eigenvalue weighted by atomic mass is 10.2. The molecule has 0 aliphatic rings. The number of hydrogen-bond acceptors (Lipinski definition) is 5. The number of aryl methyl sites for hydroxylation is 1. The van der Waals surface area contributed by atoms with Gasteiger partial charge in [-0.15, -0.1) is 0 Å². The van der Waals surface area contributed by atoms with Crippen molar-refractivity contribution in [3.63, 3.8) is 0 Å². The summed E-state index contributed by atoms with van der Waals surface area (Å²) in [6, 6.07) is 7.87. The molecule has 1 amide bonds. The van der Waals surface area contributed by atoms with Crippen LogP contribution in [0.3, 0.4) is 0 Å². The van der Waals surface area contributed by atoms with Gasteiger partial charge in [0, 0.05) is 38.3 Å². The SMILES string of the molecule is COCCCNC(=O)c1cnc(Nc2ccccc2C)nc1. The van der Waals surface area contributed by atoms with Crippen molar-refractivity contribution in [2.45, 2.75) is 13.3 Å². The number of rotatable bonds is 7. The van der Waals surface area contributed by atoms with E-state index in [2.05, 4.69) is 20.6 Å². The minimum Gasteiger partial charge on any atom is -0.385 e. The zero-order chi connectivity index (χ0) is 15.8. The van der Waals surface area contributed by atoms with Crippen molar-refractivity contribution in [1.82, 2.24) is 15.3 Å². The van der Waals surface area contributed by atoms with Gasteiger partial charge in [-0.05, 0) is 25.0 Å². The standard InChI is InChI=1S/C16H20N4O2/c1-12-6-3-4-7-14(12)20-16-18-10-13(11-19-16)15(21)17-8-5-9-22-2/h3-4,6-7,10-11H,5,8-9H2,1-2H3,(H,17,21)(H,18,19,20). The summed E-state index contributed by atoms with van der Waals surface area (Å²) in [5.74, 6) is 0.281. The van der Waals surface area contributed by atoms with Crippen LogP contribution in [0.2, 0.25) is 0 Å². The number of nitrogens with one attached hydrogen (secondary N) is 2. The molecule has 0 saturated heterocycles. The number of carbonyl (C=O) groups excluding carboxylic acids is 1. The van der Waals surface area contributed by atoms with Gasteiger partial charge in [-0.1, -0.05) is 18.2 Å². The number of methoxy groups -OCH3 is 1. The van der Waals surface area contributed by atoms with Crippen molar-refractivity contribution in [3.05, 3.63) is 47.8 Å². The molecule has 116 valence electrons. The van der Waals surface area contributed by atoms with E-state index in [9.17, 15) is 4.79 Å². The van der Waals surface area contributed by atoms with E-state index >= 15 is 0 Å². The maximum absolute atomic E-state index is 11.9. The number of amides is 1. The van der Waals surface area contributed by atoms with Crippen molar-refractivity contribution in [2.24, 2.45) is 0 Å². The zero-order valence-corrected chi connectivity index (χ0v) is 12.8. The largest absolute Gasteiger partial charge is 0.385 e. The van der Waals surface area contributed by atoms with Crippen molar-refractivity contribution in [3.8, 4) is 0 Å². The fourth-order valence-corrected chi connectivity index (χ4v) is 1.86. The minimum atomic E-state index is -0.182. The molecule has 0 saturated carbocycles. The predicted molar refractivity (Wildman–Crippen MR) is 85.3 cm³/mol. The lowest BCUT2D eigenvalue weighted by Crippen LogP contribution is -2.25. The Balaban J connectivity index is 1.92. The molecule has 0 aliphatic carbocycles. The summed E-state index contributed by atoms with van der Waals surface area (Å²) in [6.07, 6.45) is 3.80. The quantitative estimate of drug-likeness (QED) is 0.767. The lowest BCUT2D eigenvalue weighted by Gasteiger charge is -2.08. The smallest absolute Gasteiger partial charge is 0.254 e. The van der Waals surface area contributed by atoms with Gasteiger partial charge in [0.15, 0.2) is 0 Å². The third kappa shape index (κ3) is 4.53. The molecule has 2 N–H and O–H groups in total.